The molecule has 0 spiro atoms. The fourth-order valence-corrected chi connectivity index (χ4v) is 6.09. The van der Waals surface area contributed by atoms with E-state index in [1.807, 2.05) is 0 Å². The first kappa shape index (κ1) is 30.5. The van der Waals surface area contributed by atoms with Crippen LogP contribution in [0.15, 0.2) is 0 Å². The number of carbonyl (C=O) groups is 2. The first-order chi connectivity index (χ1) is 18.4. The Balaban J connectivity index is 1.51. The number of fused-ring (bicyclic) bond motifs is 1. The van der Waals surface area contributed by atoms with Gasteiger partial charge in [0.25, 0.3) is 0 Å². The molecule has 0 aromatic carbocycles. The number of carboxylic acid groups (broad SMARTS) is 1. The van der Waals surface area contributed by atoms with Gasteiger partial charge in [0.1, 0.15) is 43.5 Å². The second-order valence-corrected chi connectivity index (χ2v) is 11.0. The van der Waals surface area contributed by atoms with Crippen LogP contribution in [0.2, 0.25) is 0 Å². The minimum Gasteiger partial charge on any atom is -0.481 e. The van der Waals surface area contributed by atoms with Gasteiger partial charge >= 0.3 is 11.9 Å². The summed E-state index contributed by atoms with van der Waals surface area (Å²) in [5, 5.41) is 91.3. The van der Waals surface area contributed by atoms with Crippen molar-refractivity contribution in [2.24, 2.45) is 11.8 Å². The van der Waals surface area contributed by atoms with Crippen LogP contribution < -0.4 is 0 Å². The molecule has 0 aromatic heterocycles. The number of carbonyl (C=O) groups excluding carboxylic acids is 1. The van der Waals surface area contributed by atoms with E-state index in [9.17, 15) is 50.4 Å². The average Bonchev–Trinajstić information content (AvgIpc) is 2.88. The quantitative estimate of drug-likeness (QED) is 0.105. The highest BCUT2D eigenvalue weighted by atomic mass is 16.7. The Morgan fingerprint density at radius 2 is 1.46 bits per heavy atom. The summed E-state index contributed by atoms with van der Waals surface area (Å²) in [5.41, 5.74) is 0. The Morgan fingerprint density at radius 3 is 2.13 bits per heavy atom. The van der Waals surface area contributed by atoms with Crippen molar-refractivity contribution in [2.75, 3.05) is 6.61 Å². The van der Waals surface area contributed by atoms with E-state index in [0.29, 0.717) is 6.42 Å². The third-order valence-corrected chi connectivity index (χ3v) is 8.30. The molecule has 15 heteroatoms. The highest BCUT2D eigenvalue weighted by Crippen LogP contribution is 2.43. The number of aliphatic carboxylic acids is 1. The van der Waals surface area contributed by atoms with Gasteiger partial charge in [-0.25, -0.2) is 0 Å². The first-order valence-corrected chi connectivity index (χ1v) is 13.2. The molecule has 2 aliphatic heterocycles. The lowest BCUT2D eigenvalue weighted by Gasteiger charge is -2.52. The summed E-state index contributed by atoms with van der Waals surface area (Å²) >= 11 is 0. The number of hydrogen-bond acceptors (Lipinski definition) is 14. The molecule has 39 heavy (non-hydrogen) atoms. The third-order valence-electron chi connectivity index (χ3n) is 8.30. The lowest BCUT2D eigenvalue weighted by atomic mass is 9.71. The van der Waals surface area contributed by atoms with Crippen molar-refractivity contribution in [2.45, 2.75) is 118 Å². The van der Waals surface area contributed by atoms with Gasteiger partial charge in [-0.15, -0.1) is 0 Å². The van der Waals surface area contributed by atoms with Crippen molar-refractivity contribution < 1.29 is 74.5 Å². The van der Waals surface area contributed by atoms with Crippen LogP contribution in [0.25, 0.3) is 0 Å². The van der Waals surface area contributed by atoms with E-state index in [1.54, 1.807) is 0 Å². The molecular formula is C24H38O15. The molecule has 4 rings (SSSR count). The Morgan fingerprint density at radius 1 is 0.744 bits per heavy atom. The van der Waals surface area contributed by atoms with Crippen molar-refractivity contribution in [3.8, 4) is 0 Å². The molecule has 0 amide bonds. The summed E-state index contributed by atoms with van der Waals surface area (Å²) in [6.45, 7) is -0.637. The van der Waals surface area contributed by atoms with Gasteiger partial charge in [0.2, 0.25) is 0 Å². The maximum Gasteiger partial charge on any atom is 0.317 e. The zero-order valence-electron chi connectivity index (χ0n) is 21.1. The van der Waals surface area contributed by atoms with Crippen molar-refractivity contribution in [1.29, 1.82) is 0 Å². The molecule has 0 aromatic rings. The summed E-state index contributed by atoms with van der Waals surface area (Å²) in [5.74, 6) is -3.54. The predicted molar refractivity (Wildman–Crippen MR) is 124 cm³/mol. The molecule has 224 valence electrons. The summed E-state index contributed by atoms with van der Waals surface area (Å²) < 4.78 is 22.7. The van der Waals surface area contributed by atoms with Crippen LogP contribution in [-0.2, 0) is 28.5 Å². The predicted octanol–water partition coefficient (Wildman–Crippen LogP) is -4.02. The van der Waals surface area contributed by atoms with Crippen LogP contribution in [0.5, 0.6) is 0 Å². The second-order valence-electron chi connectivity index (χ2n) is 11.0. The van der Waals surface area contributed by atoms with Crippen molar-refractivity contribution in [3.05, 3.63) is 0 Å². The van der Waals surface area contributed by atoms with Crippen molar-refractivity contribution >= 4 is 11.9 Å². The molecule has 4 fully saturated rings. The van der Waals surface area contributed by atoms with Gasteiger partial charge in [-0.1, -0.05) is 0 Å². The van der Waals surface area contributed by atoms with Crippen molar-refractivity contribution in [3.63, 3.8) is 0 Å². The standard InChI is InChI=1S/C24H38O15/c25-10-2-1-8(3-11(10)26)23-14(4-9-13(37-23)5-12(27)19(32)18(9)31)38-24-22(35)21(34)20(33)15(39-24)7-36-17(30)6-16(28)29/h8-15,18-27,31-35H,1-7H2,(H,28,29). The van der Waals surface area contributed by atoms with E-state index in [-0.39, 0.29) is 31.6 Å². The van der Waals surface area contributed by atoms with Gasteiger partial charge in [-0.3, -0.25) is 9.59 Å². The molecule has 15 nitrogen and oxygen atoms in total. The van der Waals surface area contributed by atoms with E-state index in [1.165, 1.54) is 0 Å². The lowest BCUT2D eigenvalue weighted by Crippen LogP contribution is -2.63. The second kappa shape index (κ2) is 12.6. The topological polar surface area (TPSA) is 253 Å². The van der Waals surface area contributed by atoms with E-state index in [2.05, 4.69) is 0 Å². The molecule has 15 atom stereocenters. The monoisotopic (exact) mass is 566 g/mol. The van der Waals surface area contributed by atoms with Gasteiger partial charge in [0, 0.05) is 12.3 Å². The van der Waals surface area contributed by atoms with Crippen molar-refractivity contribution in [1.82, 2.24) is 0 Å². The smallest absolute Gasteiger partial charge is 0.317 e. The SMILES string of the molecule is O=C(O)CC(=O)OCC1OC(OC2CC3C(CC(O)C(O)C3O)OC2C2CCC(O)C(O)C2)C(O)C(O)C1O. The largest absolute Gasteiger partial charge is 0.481 e. The third kappa shape index (κ3) is 6.70. The highest BCUT2D eigenvalue weighted by Gasteiger charge is 2.53. The fraction of sp³-hybridized carbons (Fsp3) is 0.917. The van der Waals surface area contributed by atoms with E-state index >= 15 is 0 Å². The number of hydrogen-bond donors (Lipinski definition) is 9. The minimum atomic E-state index is -1.79. The normalized spacial score (nSPS) is 48.7. The molecule has 4 aliphatic rings. The summed E-state index contributed by atoms with van der Waals surface area (Å²) in [6.07, 6.45) is -16.4. The lowest BCUT2D eigenvalue weighted by molar-refractivity contribution is -0.335. The maximum atomic E-state index is 11.6. The minimum absolute atomic E-state index is 0.0429. The molecule has 2 heterocycles. The average molecular weight is 567 g/mol. The fourth-order valence-electron chi connectivity index (χ4n) is 6.09. The van der Waals surface area contributed by atoms with E-state index in [4.69, 9.17) is 24.1 Å². The van der Waals surface area contributed by atoms with Gasteiger partial charge in [-0.05, 0) is 31.6 Å². The molecule has 15 unspecified atom stereocenters. The number of aliphatic hydroxyl groups is 8. The van der Waals surface area contributed by atoms with Gasteiger partial charge < -0.3 is 64.9 Å². The molecule has 2 saturated heterocycles. The zero-order chi connectivity index (χ0) is 28.6. The molecule has 0 bridgehead atoms. The summed E-state index contributed by atoms with van der Waals surface area (Å²) in [6, 6.07) is 0. The Bertz CT molecular complexity index is 857. The molecule has 9 N–H and O–H groups in total. The maximum absolute atomic E-state index is 11.6. The zero-order valence-corrected chi connectivity index (χ0v) is 21.1. The highest BCUT2D eigenvalue weighted by molar-refractivity contribution is 5.90. The Labute approximate surface area is 223 Å². The number of rotatable bonds is 7. The van der Waals surface area contributed by atoms with Crippen LogP contribution in [0.1, 0.15) is 38.5 Å². The van der Waals surface area contributed by atoms with Gasteiger partial charge in [-0.2, -0.15) is 0 Å². The van der Waals surface area contributed by atoms with Crippen LogP contribution in [0.4, 0.5) is 0 Å². The number of carboxylic acids is 1. The van der Waals surface area contributed by atoms with Crippen LogP contribution in [0.3, 0.4) is 0 Å². The van der Waals surface area contributed by atoms with Gasteiger partial charge in [0.15, 0.2) is 6.29 Å². The van der Waals surface area contributed by atoms with Crippen LogP contribution in [0, 0.1) is 11.8 Å². The number of aliphatic hydroxyl groups excluding tert-OH is 8. The summed E-state index contributed by atoms with van der Waals surface area (Å²) in [4.78, 5) is 22.3. The van der Waals surface area contributed by atoms with Crippen LogP contribution >= 0.6 is 0 Å². The Kier molecular flexibility index (Phi) is 9.81. The summed E-state index contributed by atoms with van der Waals surface area (Å²) in [7, 11) is 0. The number of ether oxygens (including phenoxy) is 4. The molecule has 2 saturated carbocycles. The van der Waals surface area contributed by atoms with Gasteiger partial charge in [0.05, 0.1) is 42.7 Å². The molecule has 2 aliphatic carbocycles. The van der Waals surface area contributed by atoms with E-state index < -0.39 is 110 Å². The van der Waals surface area contributed by atoms with E-state index in [0.717, 1.165) is 0 Å². The first-order valence-electron chi connectivity index (χ1n) is 13.2. The molecule has 0 radical (unpaired) electrons. The number of esters is 1. The van der Waals surface area contributed by atoms with Crippen LogP contribution in [-0.4, -0.2) is 144 Å². The Hall–Kier alpha value is -1.50. The molecular weight excluding hydrogens is 528 g/mol.